The monoisotopic (exact) mass is 357 g/mol. The molecule has 2 fully saturated rings. The van der Waals surface area contributed by atoms with E-state index in [1.165, 1.54) is 0 Å². The third kappa shape index (κ3) is 2.91. The van der Waals surface area contributed by atoms with Gasteiger partial charge in [-0.15, -0.1) is 0 Å². The second-order valence-corrected chi connectivity index (χ2v) is 7.15. The molecule has 3 aliphatic heterocycles. The molecule has 0 spiro atoms. The molecule has 1 aromatic rings. The third-order valence-electron chi connectivity index (χ3n) is 5.40. The maximum Gasteiger partial charge on any atom is 0.338 e. The predicted molar refractivity (Wildman–Crippen MR) is 96.1 cm³/mol. The number of rotatable bonds is 3. The number of nitrogens with one attached hydrogen (secondary N) is 1. The lowest BCUT2D eigenvalue weighted by Gasteiger charge is -2.33. The number of amides is 2. The van der Waals surface area contributed by atoms with Crippen LogP contribution in [-0.2, 0) is 14.3 Å². The highest BCUT2D eigenvalue weighted by molar-refractivity contribution is 6.05. The molecule has 1 aromatic carbocycles. The molecule has 26 heavy (non-hydrogen) atoms. The van der Waals surface area contributed by atoms with Crippen LogP contribution in [-0.4, -0.2) is 54.5 Å². The summed E-state index contributed by atoms with van der Waals surface area (Å²) in [5.41, 5.74) is 1.90. The van der Waals surface area contributed by atoms with Gasteiger partial charge in [0.2, 0.25) is 5.91 Å². The first-order valence-electron chi connectivity index (χ1n) is 9.26. The van der Waals surface area contributed by atoms with E-state index in [1.54, 1.807) is 24.0 Å². The van der Waals surface area contributed by atoms with E-state index in [1.807, 2.05) is 6.07 Å². The minimum atomic E-state index is -0.811. The molecule has 2 amide bonds. The van der Waals surface area contributed by atoms with Crippen molar-refractivity contribution in [3.05, 3.63) is 23.8 Å². The molecule has 2 saturated heterocycles. The number of benzene rings is 1. The Morgan fingerprint density at radius 1 is 1.19 bits per heavy atom. The van der Waals surface area contributed by atoms with Gasteiger partial charge in [0.1, 0.15) is 6.04 Å². The van der Waals surface area contributed by atoms with Crippen LogP contribution < -0.4 is 10.2 Å². The van der Waals surface area contributed by atoms with Crippen molar-refractivity contribution in [1.82, 2.24) is 4.90 Å². The first-order chi connectivity index (χ1) is 12.5. The van der Waals surface area contributed by atoms with Gasteiger partial charge in [0.05, 0.1) is 16.9 Å². The van der Waals surface area contributed by atoms with E-state index < -0.39 is 12.1 Å². The van der Waals surface area contributed by atoms with E-state index >= 15 is 0 Å². The van der Waals surface area contributed by atoms with E-state index in [4.69, 9.17) is 4.74 Å². The number of nitrogens with zero attached hydrogens (tertiary/aromatic N) is 2. The van der Waals surface area contributed by atoms with Crippen molar-refractivity contribution in [1.29, 1.82) is 0 Å². The maximum absolute atomic E-state index is 12.5. The summed E-state index contributed by atoms with van der Waals surface area (Å²) >= 11 is 0. The summed E-state index contributed by atoms with van der Waals surface area (Å²) < 4.78 is 5.36. The number of ether oxygens (including phenoxy) is 1. The van der Waals surface area contributed by atoms with Crippen LogP contribution >= 0.6 is 0 Å². The highest BCUT2D eigenvalue weighted by Gasteiger charge is 2.36. The summed E-state index contributed by atoms with van der Waals surface area (Å²) in [5, 5.41) is 2.88. The maximum atomic E-state index is 12.5. The quantitative estimate of drug-likeness (QED) is 0.834. The number of carbonyl (C=O) groups excluding carboxylic acids is 3. The van der Waals surface area contributed by atoms with Crippen molar-refractivity contribution in [3.8, 4) is 0 Å². The fourth-order valence-electron chi connectivity index (χ4n) is 4.03. The Morgan fingerprint density at radius 2 is 1.96 bits per heavy atom. The Hall–Kier alpha value is -2.57. The molecule has 0 bridgehead atoms. The van der Waals surface area contributed by atoms with E-state index in [9.17, 15) is 14.4 Å². The van der Waals surface area contributed by atoms with Gasteiger partial charge in [-0.25, -0.2) is 4.79 Å². The van der Waals surface area contributed by atoms with Crippen LogP contribution in [0.3, 0.4) is 0 Å². The van der Waals surface area contributed by atoms with Crippen LogP contribution in [0.1, 0.15) is 43.0 Å². The normalized spacial score (nSPS) is 22.5. The van der Waals surface area contributed by atoms with Gasteiger partial charge in [0.15, 0.2) is 6.10 Å². The number of hydrogen-bond acceptors (Lipinski definition) is 5. The van der Waals surface area contributed by atoms with E-state index in [0.717, 1.165) is 51.0 Å². The molecule has 1 N–H and O–H groups in total. The average Bonchev–Trinajstić information content (AvgIpc) is 3.32. The molecule has 0 aliphatic carbocycles. The van der Waals surface area contributed by atoms with Gasteiger partial charge in [0.25, 0.3) is 5.91 Å². The standard InChI is InChI=1S/C19H23N3O4/c1-12(18(24)21-8-2-3-9-21)26-19(25)13-6-7-15-14(11-13)20-17(23)16-5-4-10-22(15)16/h6-7,11-12,16H,2-5,8-10H2,1H3,(H,20,23)/t12-,16+/m1/s1. The smallest absolute Gasteiger partial charge is 0.338 e. The molecule has 0 aromatic heterocycles. The molecule has 0 saturated carbocycles. The first-order valence-corrected chi connectivity index (χ1v) is 9.26. The topological polar surface area (TPSA) is 79.0 Å². The molecule has 3 heterocycles. The highest BCUT2D eigenvalue weighted by atomic mass is 16.5. The zero-order chi connectivity index (χ0) is 18.3. The molecule has 0 radical (unpaired) electrons. The second kappa shape index (κ2) is 6.63. The van der Waals surface area contributed by atoms with Crippen molar-refractivity contribution >= 4 is 29.2 Å². The Balaban J connectivity index is 1.48. The molecular formula is C19H23N3O4. The Morgan fingerprint density at radius 3 is 2.73 bits per heavy atom. The van der Waals surface area contributed by atoms with Crippen LogP contribution in [0.5, 0.6) is 0 Å². The number of esters is 1. The summed E-state index contributed by atoms with van der Waals surface area (Å²) in [7, 11) is 0. The van der Waals surface area contributed by atoms with E-state index in [0.29, 0.717) is 11.3 Å². The van der Waals surface area contributed by atoms with Gasteiger partial charge >= 0.3 is 5.97 Å². The SMILES string of the molecule is C[C@@H](OC(=O)c1ccc2c(c1)NC(=O)[C@@H]1CCCN21)C(=O)N1CCCC1. The molecule has 138 valence electrons. The number of fused-ring (bicyclic) bond motifs is 3. The average molecular weight is 357 g/mol. The van der Waals surface area contributed by atoms with Crippen molar-refractivity contribution in [2.24, 2.45) is 0 Å². The summed E-state index contributed by atoms with van der Waals surface area (Å²) in [6.07, 6.45) is 3.01. The molecule has 3 aliphatic rings. The van der Waals surface area contributed by atoms with Crippen LogP contribution in [0.15, 0.2) is 18.2 Å². The van der Waals surface area contributed by atoms with Gasteiger partial charge in [-0.1, -0.05) is 0 Å². The Labute approximate surface area is 152 Å². The van der Waals surface area contributed by atoms with Gasteiger partial charge in [0, 0.05) is 19.6 Å². The number of carbonyl (C=O) groups is 3. The largest absolute Gasteiger partial charge is 0.449 e. The number of hydrogen-bond donors (Lipinski definition) is 1. The predicted octanol–water partition coefficient (Wildman–Crippen LogP) is 1.78. The first kappa shape index (κ1) is 16.9. The Kier molecular flexibility index (Phi) is 4.30. The van der Waals surface area contributed by atoms with Crippen molar-refractivity contribution in [3.63, 3.8) is 0 Å². The molecule has 0 unspecified atom stereocenters. The summed E-state index contributed by atoms with van der Waals surface area (Å²) in [4.78, 5) is 40.8. The minimum Gasteiger partial charge on any atom is -0.449 e. The molecule has 7 nitrogen and oxygen atoms in total. The zero-order valence-corrected chi connectivity index (χ0v) is 14.9. The Bertz CT molecular complexity index is 757. The number of anilines is 2. The summed E-state index contributed by atoms with van der Waals surface area (Å²) in [5.74, 6) is -0.731. The van der Waals surface area contributed by atoms with Crippen molar-refractivity contribution in [2.45, 2.75) is 44.8 Å². The number of likely N-dealkylation sites (tertiary alicyclic amines) is 1. The molecule has 2 atom stereocenters. The van der Waals surface area contributed by atoms with Gasteiger partial charge in [-0.2, -0.15) is 0 Å². The second-order valence-electron chi connectivity index (χ2n) is 7.15. The van der Waals surface area contributed by atoms with E-state index in [-0.39, 0.29) is 17.9 Å². The summed E-state index contributed by atoms with van der Waals surface area (Å²) in [6.45, 7) is 3.90. The lowest BCUT2D eigenvalue weighted by Crippen LogP contribution is -2.44. The van der Waals surface area contributed by atoms with Crippen molar-refractivity contribution in [2.75, 3.05) is 29.9 Å². The molecule has 7 heteroatoms. The lowest BCUT2D eigenvalue weighted by molar-refractivity contribution is -0.138. The zero-order valence-electron chi connectivity index (χ0n) is 14.9. The van der Waals surface area contributed by atoms with Gasteiger partial charge in [-0.05, 0) is 50.8 Å². The third-order valence-corrected chi connectivity index (χ3v) is 5.40. The molecule has 4 rings (SSSR count). The van der Waals surface area contributed by atoms with Crippen LogP contribution in [0.2, 0.25) is 0 Å². The molecular weight excluding hydrogens is 334 g/mol. The van der Waals surface area contributed by atoms with Gasteiger partial charge in [-0.3, -0.25) is 9.59 Å². The van der Waals surface area contributed by atoms with Crippen LogP contribution in [0.4, 0.5) is 11.4 Å². The fraction of sp³-hybridized carbons (Fsp3) is 0.526. The van der Waals surface area contributed by atoms with Crippen molar-refractivity contribution < 1.29 is 19.1 Å². The summed E-state index contributed by atoms with van der Waals surface area (Å²) in [6, 6.07) is 5.06. The van der Waals surface area contributed by atoms with E-state index in [2.05, 4.69) is 10.2 Å². The lowest BCUT2D eigenvalue weighted by atomic mass is 10.1. The highest BCUT2D eigenvalue weighted by Crippen LogP contribution is 2.37. The van der Waals surface area contributed by atoms with Gasteiger partial charge < -0.3 is 19.9 Å². The minimum absolute atomic E-state index is 0.0295. The van der Waals surface area contributed by atoms with Crippen LogP contribution in [0, 0.1) is 0 Å². The fourth-order valence-corrected chi connectivity index (χ4v) is 4.03. The van der Waals surface area contributed by atoms with Crippen LogP contribution in [0.25, 0.3) is 0 Å².